The Morgan fingerprint density at radius 2 is 1.94 bits per heavy atom. The summed E-state index contributed by atoms with van der Waals surface area (Å²) in [7, 11) is 0. The standard InChI is InChI=1S/C12H14N2OS/c1-3-13-9(2)11(15)14(12(13)16)10-7-5-4-6-8-10/h4-9H,3H2,1-2H3/t9-/m1/s1. The smallest absolute Gasteiger partial charge is 0.255 e. The fourth-order valence-electron chi connectivity index (χ4n) is 1.93. The van der Waals surface area contributed by atoms with Gasteiger partial charge in [-0.2, -0.15) is 0 Å². The van der Waals surface area contributed by atoms with Crippen LogP contribution in [0.3, 0.4) is 0 Å². The number of anilines is 1. The number of likely N-dealkylation sites (N-methyl/N-ethyl adjacent to an activating group) is 1. The molecule has 0 aromatic heterocycles. The molecule has 84 valence electrons. The van der Waals surface area contributed by atoms with Gasteiger partial charge in [0.15, 0.2) is 5.11 Å². The van der Waals surface area contributed by atoms with Crippen LogP contribution in [0.4, 0.5) is 5.69 Å². The maximum absolute atomic E-state index is 12.1. The highest BCUT2D eigenvalue weighted by Gasteiger charge is 2.39. The largest absolute Gasteiger partial charge is 0.337 e. The first-order valence-corrected chi connectivity index (χ1v) is 5.77. The third kappa shape index (κ3) is 1.59. The van der Waals surface area contributed by atoms with E-state index in [0.717, 1.165) is 12.2 Å². The predicted octanol–water partition coefficient (Wildman–Crippen LogP) is 2.03. The second-order valence-corrected chi connectivity index (χ2v) is 4.12. The van der Waals surface area contributed by atoms with E-state index in [0.29, 0.717) is 5.11 Å². The molecule has 1 aromatic carbocycles. The Kier molecular flexibility index (Phi) is 2.92. The molecule has 1 amide bonds. The molecule has 0 radical (unpaired) electrons. The van der Waals surface area contributed by atoms with Crippen LogP contribution in [0.25, 0.3) is 0 Å². The van der Waals surface area contributed by atoms with Gasteiger partial charge >= 0.3 is 0 Å². The average Bonchev–Trinajstić information content (AvgIpc) is 2.51. The fraction of sp³-hybridized carbons (Fsp3) is 0.333. The van der Waals surface area contributed by atoms with Gasteiger partial charge in [0.05, 0.1) is 5.69 Å². The van der Waals surface area contributed by atoms with Crippen molar-refractivity contribution in [1.29, 1.82) is 0 Å². The van der Waals surface area contributed by atoms with Crippen LogP contribution in [-0.4, -0.2) is 28.5 Å². The normalized spacial score (nSPS) is 20.8. The molecule has 0 bridgehead atoms. The van der Waals surface area contributed by atoms with Gasteiger partial charge in [-0.3, -0.25) is 9.69 Å². The molecule has 3 nitrogen and oxygen atoms in total. The van der Waals surface area contributed by atoms with Gasteiger partial charge < -0.3 is 4.90 Å². The Morgan fingerprint density at radius 1 is 1.31 bits per heavy atom. The van der Waals surface area contributed by atoms with E-state index in [1.54, 1.807) is 4.90 Å². The van der Waals surface area contributed by atoms with E-state index in [9.17, 15) is 4.79 Å². The van der Waals surface area contributed by atoms with Gasteiger partial charge in [-0.05, 0) is 38.2 Å². The first-order valence-electron chi connectivity index (χ1n) is 5.36. The molecule has 2 rings (SSSR count). The van der Waals surface area contributed by atoms with Crippen molar-refractivity contribution in [1.82, 2.24) is 4.90 Å². The average molecular weight is 234 g/mol. The topological polar surface area (TPSA) is 23.6 Å². The van der Waals surface area contributed by atoms with Gasteiger partial charge in [0.25, 0.3) is 5.91 Å². The van der Waals surface area contributed by atoms with Crippen LogP contribution in [0, 0.1) is 0 Å². The van der Waals surface area contributed by atoms with Gasteiger partial charge in [-0.15, -0.1) is 0 Å². The lowest BCUT2D eigenvalue weighted by atomic mass is 10.2. The number of para-hydroxylation sites is 1. The van der Waals surface area contributed by atoms with E-state index in [1.807, 2.05) is 49.1 Å². The molecule has 4 heteroatoms. The Hall–Kier alpha value is -1.42. The summed E-state index contributed by atoms with van der Waals surface area (Å²) >= 11 is 5.33. The van der Waals surface area contributed by atoms with E-state index in [-0.39, 0.29) is 11.9 Å². The van der Waals surface area contributed by atoms with E-state index >= 15 is 0 Å². The summed E-state index contributed by atoms with van der Waals surface area (Å²) in [5, 5.41) is 0.603. The van der Waals surface area contributed by atoms with Crippen molar-refractivity contribution in [2.45, 2.75) is 19.9 Å². The van der Waals surface area contributed by atoms with Crippen molar-refractivity contribution in [3.8, 4) is 0 Å². The van der Waals surface area contributed by atoms with Crippen LogP contribution < -0.4 is 4.90 Å². The summed E-state index contributed by atoms with van der Waals surface area (Å²) in [6.45, 7) is 4.65. The number of thiocarbonyl (C=S) groups is 1. The van der Waals surface area contributed by atoms with E-state index in [2.05, 4.69) is 0 Å². The van der Waals surface area contributed by atoms with Crippen molar-refractivity contribution >= 4 is 28.9 Å². The van der Waals surface area contributed by atoms with Crippen molar-refractivity contribution in [2.24, 2.45) is 0 Å². The molecule has 0 spiro atoms. The summed E-state index contributed by atoms with van der Waals surface area (Å²) < 4.78 is 0. The second-order valence-electron chi connectivity index (χ2n) is 3.75. The Morgan fingerprint density at radius 3 is 2.44 bits per heavy atom. The molecule has 0 unspecified atom stereocenters. The molecular weight excluding hydrogens is 220 g/mol. The highest BCUT2D eigenvalue weighted by Crippen LogP contribution is 2.24. The van der Waals surface area contributed by atoms with Gasteiger partial charge in [0.2, 0.25) is 0 Å². The zero-order valence-electron chi connectivity index (χ0n) is 9.38. The second kappa shape index (κ2) is 4.22. The monoisotopic (exact) mass is 234 g/mol. The van der Waals surface area contributed by atoms with E-state index < -0.39 is 0 Å². The molecule has 0 saturated carbocycles. The number of carbonyl (C=O) groups excluding carboxylic acids is 1. The summed E-state index contributed by atoms with van der Waals surface area (Å²) in [5.41, 5.74) is 0.848. The molecule has 1 atom stereocenters. The van der Waals surface area contributed by atoms with Crippen LogP contribution in [0.2, 0.25) is 0 Å². The van der Waals surface area contributed by atoms with Crippen molar-refractivity contribution < 1.29 is 4.79 Å². The van der Waals surface area contributed by atoms with Crippen LogP contribution in [0.15, 0.2) is 30.3 Å². The number of hydrogen-bond donors (Lipinski definition) is 0. The third-order valence-electron chi connectivity index (χ3n) is 2.84. The van der Waals surface area contributed by atoms with Crippen molar-refractivity contribution in [3.63, 3.8) is 0 Å². The number of carbonyl (C=O) groups is 1. The molecule has 1 aliphatic rings. The van der Waals surface area contributed by atoms with Gasteiger partial charge in [0, 0.05) is 6.54 Å². The molecule has 1 fully saturated rings. The molecule has 1 heterocycles. The Bertz CT molecular complexity index is 418. The number of rotatable bonds is 2. The predicted molar refractivity (Wildman–Crippen MR) is 68.4 cm³/mol. The zero-order chi connectivity index (χ0) is 11.7. The Labute approximate surface area is 101 Å². The SMILES string of the molecule is CCN1C(=S)N(c2ccccc2)C(=O)[C@H]1C. The van der Waals surface area contributed by atoms with Crippen LogP contribution in [0.1, 0.15) is 13.8 Å². The van der Waals surface area contributed by atoms with E-state index in [4.69, 9.17) is 12.2 Å². The van der Waals surface area contributed by atoms with Crippen LogP contribution in [-0.2, 0) is 4.79 Å². The lowest BCUT2D eigenvalue weighted by Crippen LogP contribution is -2.33. The maximum Gasteiger partial charge on any atom is 0.255 e. The van der Waals surface area contributed by atoms with Crippen molar-refractivity contribution in [2.75, 3.05) is 11.4 Å². The number of benzene rings is 1. The first-order chi connectivity index (χ1) is 7.66. The minimum Gasteiger partial charge on any atom is -0.337 e. The molecule has 0 aliphatic carbocycles. The van der Waals surface area contributed by atoms with Crippen LogP contribution >= 0.6 is 12.2 Å². The molecule has 16 heavy (non-hydrogen) atoms. The fourth-order valence-corrected chi connectivity index (χ4v) is 2.41. The molecule has 1 saturated heterocycles. The first kappa shape index (κ1) is 11.1. The third-order valence-corrected chi connectivity index (χ3v) is 3.25. The van der Waals surface area contributed by atoms with Gasteiger partial charge in [0.1, 0.15) is 6.04 Å². The van der Waals surface area contributed by atoms with Crippen molar-refractivity contribution in [3.05, 3.63) is 30.3 Å². The highest BCUT2D eigenvalue weighted by atomic mass is 32.1. The molecule has 1 aromatic rings. The minimum absolute atomic E-state index is 0.0538. The molecular formula is C12H14N2OS. The van der Waals surface area contributed by atoms with Crippen LogP contribution in [0.5, 0.6) is 0 Å². The van der Waals surface area contributed by atoms with Gasteiger partial charge in [-0.25, -0.2) is 0 Å². The molecule has 0 N–H and O–H groups in total. The van der Waals surface area contributed by atoms with E-state index in [1.165, 1.54) is 0 Å². The quantitative estimate of drug-likeness (QED) is 0.732. The molecule has 1 aliphatic heterocycles. The number of nitrogens with zero attached hydrogens (tertiary/aromatic N) is 2. The summed E-state index contributed by atoms with van der Waals surface area (Å²) in [4.78, 5) is 15.6. The highest BCUT2D eigenvalue weighted by molar-refractivity contribution is 7.80. The minimum atomic E-state index is -0.155. The number of hydrogen-bond acceptors (Lipinski definition) is 2. The summed E-state index contributed by atoms with van der Waals surface area (Å²) in [6, 6.07) is 9.38. The Balaban J connectivity index is 2.37. The summed E-state index contributed by atoms with van der Waals surface area (Å²) in [5.74, 6) is 0.0538. The zero-order valence-corrected chi connectivity index (χ0v) is 10.2. The lowest BCUT2D eigenvalue weighted by molar-refractivity contribution is -0.119. The summed E-state index contributed by atoms with van der Waals surface area (Å²) in [6.07, 6.45) is 0. The maximum atomic E-state index is 12.1. The van der Waals surface area contributed by atoms with Gasteiger partial charge in [-0.1, -0.05) is 18.2 Å². The number of amides is 1. The lowest BCUT2D eigenvalue weighted by Gasteiger charge is -2.19.